The van der Waals surface area contributed by atoms with E-state index in [9.17, 15) is 4.79 Å². The van der Waals surface area contributed by atoms with E-state index in [1.165, 1.54) is 17.7 Å². The largest absolute Gasteiger partial charge is 0.465 e. The van der Waals surface area contributed by atoms with Crippen molar-refractivity contribution in [3.63, 3.8) is 0 Å². The van der Waals surface area contributed by atoms with Crippen LogP contribution < -0.4 is 5.73 Å². The Bertz CT molecular complexity index is 140. The summed E-state index contributed by atoms with van der Waals surface area (Å²) in [6.07, 6.45) is 3.53. The number of amides is 1. The lowest BCUT2D eigenvalue weighted by Gasteiger charge is -2.17. The van der Waals surface area contributed by atoms with Crippen LogP contribution in [0.25, 0.3) is 0 Å². The Morgan fingerprint density at radius 2 is 2.00 bits per heavy atom. The lowest BCUT2D eigenvalue weighted by Crippen LogP contribution is -2.34. The fourth-order valence-corrected chi connectivity index (χ4v) is 1.19. The Morgan fingerprint density at radius 3 is 2.46 bits per heavy atom. The summed E-state index contributed by atoms with van der Waals surface area (Å²) < 4.78 is 0. The summed E-state index contributed by atoms with van der Waals surface area (Å²) >= 11 is 0. The maximum absolute atomic E-state index is 10.6. The smallest absolute Gasteiger partial charge is 0.407 e. The van der Waals surface area contributed by atoms with Crippen LogP contribution in [0.5, 0.6) is 0 Å². The number of carboxylic acid groups (broad SMARTS) is 1. The third-order valence-corrected chi connectivity index (χ3v) is 1.95. The second kappa shape index (κ2) is 7.86. The van der Waals surface area contributed by atoms with Crippen LogP contribution in [-0.2, 0) is 0 Å². The van der Waals surface area contributed by atoms with Gasteiger partial charge in [0.2, 0.25) is 0 Å². The highest BCUT2D eigenvalue weighted by Crippen LogP contribution is 2.01. The lowest BCUT2D eigenvalue weighted by molar-refractivity contribution is 0.145. The molecule has 1 amide bonds. The maximum Gasteiger partial charge on any atom is 0.407 e. The van der Waals surface area contributed by atoms with E-state index >= 15 is 0 Å². The van der Waals surface area contributed by atoms with Gasteiger partial charge in [-0.1, -0.05) is 26.2 Å². The lowest BCUT2D eigenvalue weighted by atomic mass is 10.2. The van der Waals surface area contributed by atoms with Gasteiger partial charge >= 0.3 is 6.09 Å². The first-order chi connectivity index (χ1) is 6.22. The van der Waals surface area contributed by atoms with E-state index in [0.29, 0.717) is 19.6 Å². The summed E-state index contributed by atoms with van der Waals surface area (Å²) in [6.45, 7) is 3.60. The Labute approximate surface area is 79.7 Å². The third-order valence-electron chi connectivity index (χ3n) is 1.95. The zero-order valence-electron chi connectivity index (χ0n) is 8.33. The molecule has 4 nitrogen and oxygen atoms in total. The summed E-state index contributed by atoms with van der Waals surface area (Å²) in [5.41, 5.74) is 5.29. The first kappa shape index (κ1) is 12.2. The molecule has 0 aliphatic heterocycles. The molecule has 4 heteroatoms. The van der Waals surface area contributed by atoms with Crippen molar-refractivity contribution in [1.82, 2.24) is 4.90 Å². The predicted molar refractivity (Wildman–Crippen MR) is 52.8 cm³/mol. The molecule has 0 aliphatic carbocycles. The summed E-state index contributed by atoms with van der Waals surface area (Å²) in [5, 5.41) is 8.73. The molecule has 3 N–H and O–H groups in total. The monoisotopic (exact) mass is 188 g/mol. The van der Waals surface area contributed by atoms with Crippen LogP contribution in [0.1, 0.15) is 32.6 Å². The van der Waals surface area contributed by atoms with E-state index in [-0.39, 0.29) is 0 Å². The highest BCUT2D eigenvalue weighted by atomic mass is 16.4. The standard InChI is InChI=1S/C9H20N2O2/c1-2-3-4-5-7-11(8-6-10)9(12)13/h2-8,10H2,1H3,(H,12,13). The van der Waals surface area contributed by atoms with Crippen LogP contribution in [0.4, 0.5) is 4.79 Å². The molecule has 0 heterocycles. The van der Waals surface area contributed by atoms with Gasteiger partial charge in [0, 0.05) is 19.6 Å². The minimum atomic E-state index is -0.859. The second-order valence-corrected chi connectivity index (χ2v) is 3.12. The molecule has 0 atom stereocenters. The zero-order chi connectivity index (χ0) is 10.1. The van der Waals surface area contributed by atoms with Gasteiger partial charge in [-0.2, -0.15) is 0 Å². The van der Waals surface area contributed by atoms with Gasteiger partial charge in [0.15, 0.2) is 0 Å². The molecule has 0 radical (unpaired) electrons. The Kier molecular flexibility index (Phi) is 7.39. The molecular weight excluding hydrogens is 168 g/mol. The fourth-order valence-electron chi connectivity index (χ4n) is 1.19. The highest BCUT2D eigenvalue weighted by molar-refractivity contribution is 5.64. The molecule has 0 rings (SSSR count). The van der Waals surface area contributed by atoms with Gasteiger partial charge in [-0.3, -0.25) is 0 Å². The fraction of sp³-hybridized carbons (Fsp3) is 0.889. The van der Waals surface area contributed by atoms with Crippen molar-refractivity contribution in [2.75, 3.05) is 19.6 Å². The topological polar surface area (TPSA) is 66.6 Å². The summed E-state index contributed by atoms with van der Waals surface area (Å²) in [6, 6.07) is 0. The summed E-state index contributed by atoms with van der Waals surface area (Å²) in [4.78, 5) is 12.0. The SMILES string of the molecule is CCCCCCN(CCN)C(=O)O. The van der Waals surface area contributed by atoms with E-state index in [4.69, 9.17) is 10.8 Å². The molecular formula is C9H20N2O2. The van der Waals surface area contributed by atoms with Crippen LogP contribution in [0.2, 0.25) is 0 Å². The molecule has 0 unspecified atom stereocenters. The summed E-state index contributed by atoms with van der Waals surface area (Å²) in [5.74, 6) is 0. The number of carbonyl (C=O) groups is 1. The van der Waals surface area contributed by atoms with E-state index < -0.39 is 6.09 Å². The van der Waals surface area contributed by atoms with Gasteiger partial charge < -0.3 is 15.7 Å². The van der Waals surface area contributed by atoms with Crippen molar-refractivity contribution in [2.45, 2.75) is 32.6 Å². The molecule has 0 aromatic carbocycles. The van der Waals surface area contributed by atoms with Crippen LogP contribution in [0, 0.1) is 0 Å². The molecule has 78 valence electrons. The molecule has 0 aliphatic rings. The molecule has 0 fully saturated rings. The van der Waals surface area contributed by atoms with Crippen LogP contribution in [0.15, 0.2) is 0 Å². The maximum atomic E-state index is 10.6. The number of unbranched alkanes of at least 4 members (excludes halogenated alkanes) is 3. The molecule has 0 aromatic heterocycles. The summed E-state index contributed by atoms with van der Waals surface area (Å²) in [7, 11) is 0. The molecule has 0 saturated carbocycles. The first-order valence-electron chi connectivity index (χ1n) is 4.90. The average Bonchev–Trinajstić information content (AvgIpc) is 2.10. The molecule has 13 heavy (non-hydrogen) atoms. The highest BCUT2D eigenvalue weighted by Gasteiger charge is 2.08. The zero-order valence-corrected chi connectivity index (χ0v) is 8.33. The Balaban J connectivity index is 3.51. The average molecular weight is 188 g/mol. The molecule has 0 bridgehead atoms. The third kappa shape index (κ3) is 6.40. The van der Waals surface area contributed by atoms with Gasteiger partial charge in [-0.15, -0.1) is 0 Å². The Hall–Kier alpha value is -0.770. The van der Waals surface area contributed by atoms with E-state index in [2.05, 4.69) is 6.92 Å². The van der Waals surface area contributed by atoms with Crippen molar-refractivity contribution >= 4 is 6.09 Å². The molecule has 0 aromatic rings. The van der Waals surface area contributed by atoms with Crippen LogP contribution >= 0.6 is 0 Å². The van der Waals surface area contributed by atoms with Crippen molar-refractivity contribution in [3.05, 3.63) is 0 Å². The van der Waals surface area contributed by atoms with Gasteiger partial charge in [-0.25, -0.2) is 4.79 Å². The van der Waals surface area contributed by atoms with Crippen molar-refractivity contribution < 1.29 is 9.90 Å². The Morgan fingerprint density at radius 1 is 1.31 bits per heavy atom. The second-order valence-electron chi connectivity index (χ2n) is 3.12. The van der Waals surface area contributed by atoms with Crippen molar-refractivity contribution in [3.8, 4) is 0 Å². The first-order valence-corrected chi connectivity index (χ1v) is 4.90. The van der Waals surface area contributed by atoms with Crippen LogP contribution in [-0.4, -0.2) is 35.7 Å². The van der Waals surface area contributed by atoms with E-state index in [1.54, 1.807) is 0 Å². The predicted octanol–water partition coefficient (Wildman–Crippen LogP) is 1.51. The number of hydrogen-bond acceptors (Lipinski definition) is 2. The number of hydrogen-bond donors (Lipinski definition) is 2. The van der Waals surface area contributed by atoms with E-state index in [0.717, 1.165) is 12.8 Å². The van der Waals surface area contributed by atoms with E-state index in [1.807, 2.05) is 0 Å². The quantitative estimate of drug-likeness (QED) is 0.595. The minimum absolute atomic E-state index is 0.403. The van der Waals surface area contributed by atoms with Gasteiger partial charge in [-0.05, 0) is 6.42 Å². The number of nitrogens with zero attached hydrogens (tertiary/aromatic N) is 1. The number of nitrogens with two attached hydrogens (primary N) is 1. The minimum Gasteiger partial charge on any atom is -0.465 e. The number of rotatable bonds is 7. The van der Waals surface area contributed by atoms with Crippen molar-refractivity contribution in [1.29, 1.82) is 0 Å². The van der Waals surface area contributed by atoms with Gasteiger partial charge in [0.25, 0.3) is 0 Å². The van der Waals surface area contributed by atoms with Gasteiger partial charge in [0.05, 0.1) is 0 Å². The normalized spacial score (nSPS) is 10.0. The van der Waals surface area contributed by atoms with Crippen molar-refractivity contribution in [2.24, 2.45) is 5.73 Å². The van der Waals surface area contributed by atoms with Gasteiger partial charge in [0.1, 0.15) is 0 Å². The molecule has 0 spiro atoms. The van der Waals surface area contributed by atoms with Crippen LogP contribution in [0.3, 0.4) is 0 Å². The molecule has 0 saturated heterocycles.